The number of carbonyl (C=O) groups excluding carboxylic acids is 7. The fourth-order valence-electron chi connectivity index (χ4n) is 4.18. The SMILES string of the molecule is CCC[C@H](NC(=O)CC[C@H](NC(=O)[C@@H](C)CCC(=O)N[C@@H](CCC)C(=O)OC)C(=O)N[C@@H](CCC)C(=O)OC)C(=O)OC. The van der Waals surface area contributed by atoms with Crippen molar-refractivity contribution in [3.8, 4) is 0 Å². The van der Waals surface area contributed by atoms with E-state index in [-0.39, 0.29) is 25.7 Å². The number of nitrogens with one attached hydrogen (secondary N) is 4. The van der Waals surface area contributed by atoms with Crippen molar-refractivity contribution >= 4 is 41.5 Å². The lowest BCUT2D eigenvalue weighted by atomic mass is 10.0. The molecular formula is C29H50N4O10. The largest absolute Gasteiger partial charge is 0.467 e. The second-order valence-electron chi connectivity index (χ2n) is 10.3. The van der Waals surface area contributed by atoms with Crippen molar-refractivity contribution in [2.45, 2.75) is 116 Å². The van der Waals surface area contributed by atoms with Gasteiger partial charge >= 0.3 is 17.9 Å². The molecule has 0 spiro atoms. The summed E-state index contributed by atoms with van der Waals surface area (Å²) in [5, 5.41) is 10.4. The molecule has 0 aromatic carbocycles. The molecule has 0 fully saturated rings. The molecule has 0 aliphatic rings. The number of hydrogen-bond donors (Lipinski definition) is 4. The van der Waals surface area contributed by atoms with E-state index in [9.17, 15) is 33.6 Å². The number of esters is 3. The van der Waals surface area contributed by atoms with E-state index in [4.69, 9.17) is 14.2 Å². The van der Waals surface area contributed by atoms with E-state index in [1.54, 1.807) is 6.92 Å². The van der Waals surface area contributed by atoms with Crippen molar-refractivity contribution in [3.63, 3.8) is 0 Å². The van der Waals surface area contributed by atoms with Gasteiger partial charge in [0.25, 0.3) is 0 Å². The fourth-order valence-corrected chi connectivity index (χ4v) is 4.18. The van der Waals surface area contributed by atoms with Gasteiger partial charge in [-0.2, -0.15) is 0 Å². The third-order valence-electron chi connectivity index (χ3n) is 6.72. The average molecular weight is 615 g/mol. The highest BCUT2D eigenvalue weighted by Crippen LogP contribution is 2.10. The number of amides is 4. The third-order valence-corrected chi connectivity index (χ3v) is 6.72. The minimum absolute atomic E-state index is 0.0572. The van der Waals surface area contributed by atoms with E-state index in [0.717, 1.165) is 0 Å². The van der Waals surface area contributed by atoms with Crippen LogP contribution in [0.15, 0.2) is 0 Å². The lowest BCUT2D eigenvalue weighted by Crippen LogP contribution is -2.53. The molecule has 0 unspecified atom stereocenters. The standard InChI is InChI=1S/C29H50N4O10/c1-8-11-20(27(38)41-5)30-23(34)16-14-18(4)25(36)32-19(26(37)33-22(13-10-3)29(40)43-7)15-17-24(35)31-21(12-9-2)28(39)42-6/h18-22H,8-17H2,1-7H3,(H,30,34)(H,31,35)(H,32,36)(H,33,37)/t18-,19-,20-,21-,22-/m0/s1. The number of ether oxygens (including phenoxy) is 3. The summed E-state index contributed by atoms with van der Waals surface area (Å²) < 4.78 is 14.2. The summed E-state index contributed by atoms with van der Waals surface area (Å²) in [6, 6.07) is -3.78. The Morgan fingerprint density at radius 2 is 0.837 bits per heavy atom. The van der Waals surface area contributed by atoms with Crippen LogP contribution < -0.4 is 21.3 Å². The third kappa shape index (κ3) is 15.4. The second kappa shape index (κ2) is 21.9. The molecule has 0 saturated heterocycles. The quantitative estimate of drug-likeness (QED) is 0.107. The van der Waals surface area contributed by atoms with Gasteiger partial charge in [0.05, 0.1) is 21.3 Å². The maximum Gasteiger partial charge on any atom is 0.328 e. The predicted octanol–water partition coefficient (Wildman–Crippen LogP) is 1.04. The Morgan fingerprint density at radius 1 is 0.488 bits per heavy atom. The van der Waals surface area contributed by atoms with Gasteiger partial charge in [-0.15, -0.1) is 0 Å². The van der Waals surface area contributed by atoms with Crippen LogP contribution in [0.3, 0.4) is 0 Å². The molecule has 0 radical (unpaired) electrons. The molecule has 14 heteroatoms. The lowest BCUT2D eigenvalue weighted by Gasteiger charge is -2.24. The first-order valence-electron chi connectivity index (χ1n) is 14.8. The van der Waals surface area contributed by atoms with Crippen molar-refractivity contribution in [2.75, 3.05) is 21.3 Å². The van der Waals surface area contributed by atoms with Gasteiger partial charge in [-0.25, -0.2) is 14.4 Å². The topological polar surface area (TPSA) is 195 Å². The highest BCUT2D eigenvalue weighted by atomic mass is 16.5. The summed E-state index contributed by atoms with van der Waals surface area (Å²) in [5.41, 5.74) is 0. The van der Waals surface area contributed by atoms with Gasteiger partial charge in [-0.3, -0.25) is 19.2 Å². The molecule has 4 amide bonds. The van der Waals surface area contributed by atoms with Crippen LogP contribution in [-0.2, 0) is 47.8 Å². The molecule has 246 valence electrons. The van der Waals surface area contributed by atoms with Gasteiger partial charge in [0.2, 0.25) is 23.6 Å². The van der Waals surface area contributed by atoms with Gasteiger partial charge in [0.15, 0.2) is 0 Å². The molecule has 0 rings (SSSR count). The Bertz CT molecular complexity index is 942. The first kappa shape index (κ1) is 39.3. The summed E-state index contributed by atoms with van der Waals surface area (Å²) in [4.78, 5) is 87.3. The molecular weight excluding hydrogens is 564 g/mol. The predicted molar refractivity (Wildman–Crippen MR) is 156 cm³/mol. The van der Waals surface area contributed by atoms with Crippen LogP contribution in [0.5, 0.6) is 0 Å². The normalized spacial score (nSPS) is 14.1. The Kier molecular flexibility index (Phi) is 20.0. The van der Waals surface area contributed by atoms with Gasteiger partial charge in [-0.1, -0.05) is 47.0 Å². The zero-order valence-corrected chi connectivity index (χ0v) is 26.5. The van der Waals surface area contributed by atoms with Crippen molar-refractivity contribution in [1.29, 1.82) is 0 Å². The monoisotopic (exact) mass is 614 g/mol. The van der Waals surface area contributed by atoms with Gasteiger partial charge in [-0.05, 0) is 32.1 Å². The Balaban J connectivity index is 5.52. The lowest BCUT2D eigenvalue weighted by molar-refractivity contribution is -0.146. The molecule has 0 bridgehead atoms. The van der Waals surface area contributed by atoms with Crippen molar-refractivity contribution < 1.29 is 47.8 Å². The van der Waals surface area contributed by atoms with Crippen LogP contribution >= 0.6 is 0 Å². The van der Waals surface area contributed by atoms with Gasteiger partial charge in [0.1, 0.15) is 24.2 Å². The number of carbonyl (C=O) groups is 7. The summed E-state index contributed by atoms with van der Waals surface area (Å²) >= 11 is 0. The molecule has 0 aromatic heterocycles. The van der Waals surface area contributed by atoms with E-state index >= 15 is 0 Å². The minimum Gasteiger partial charge on any atom is -0.467 e. The van der Waals surface area contributed by atoms with E-state index in [1.165, 1.54) is 21.3 Å². The van der Waals surface area contributed by atoms with Crippen molar-refractivity contribution in [2.24, 2.45) is 5.92 Å². The molecule has 43 heavy (non-hydrogen) atoms. The van der Waals surface area contributed by atoms with Crippen LogP contribution in [0.2, 0.25) is 0 Å². The fraction of sp³-hybridized carbons (Fsp3) is 0.759. The Morgan fingerprint density at radius 3 is 1.21 bits per heavy atom. The van der Waals surface area contributed by atoms with E-state index in [2.05, 4.69) is 21.3 Å². The zero-order valence-electron chi connectivity index (χ0n) is 26.5. The summed E-state index contributed by atoms with van der Waals surface area (Å²) in [5.74, 6) is -4.69. The second-order valence-corrected chi connectivity index (χ2v) is 10.3. The Labute approximate surface area is 254 Å². The number of rotatable bonds is 21. The maximum absolute atomic E-state index is 13.2. The molecule has 14 nitrogen and oxygen atoms in total. The molecule has 0 saturated carbocycles. The van der Waals surface area contributed by atoms with E-state index in [1.807, 2.05) is 20.8 Å². The molecule has 0 aliphatic carbocycles. The molecule has 0 heterocycles. The molecule has 5 atom stereocenters. The van der Waals surface area contributed by atoms with Crippen LogP contribution in [0.25, 0.3) is 0 Å². The molecule has 0 aliphatic heterocycles. The van der Waals surface area contributed by atoms with Crippen LogP contribution in [0.4, 0.5) is 0 Å². The van der Waals surface area contributed by atoms with Crippen LogP contribution in [0, 0.1) is 5.92 Å². The Hall–Kier alpha value is -3.71. The van der Waals surface area contributed by atoms with Gasteiger partial charge in [0, 0.05) is 18.8 Å². The molecule has 4 N–H and O–H groups in total. The maximum atomic E-state index is 13.2. The highest BCUT2D eigenvalue weighted by molar-refractivity contribution is 5.92. The summed E-state index contributed by atoms with van der Waals surface area (Å²) in [6.45, 7) is 7.11. The molecule has 0 aromatic rings. The first-order valence-corrected chi connectivity index (χ1v) is 14.8. The van der Waals surface area contributed by atoms with Crippen molar-refractivity contribution in [3.05, 3.63) is 0 Å². The van der Waals surface area contributed by atoms with Gasteiger partial charge < -0.3 is 35.5 Å². The van der Waals surface area contributed by atoms with Crippen LogP contribution in [-0.4, -0.2) is 87.0 Å². The van der Waals surface area contributed by atoms with Crippen LogP contribution in [0.1, 0.15) is 91.9 Å². The zero-order chi connectivity index (χ0) is 32.9. The summed E-state index contributed by atoms with van der Waals surface area (Å²) in [6.07, 6.45) is 2.62. The summed E-state index contributed by atoms with van der Waals surface area (Å²) in [7, 11) is 3.65. The number of hydrogen-bond acceptors (Lipinski definition) is 10. The van der Waals surface area contributed by atoms with Crippen molar-refractivity contribution in [1.82, 2.24) is 21.3 Å². The highest BCUT2D eigenvalue weighted by Gasteiger charge is 2.30. The van der Waals surface area contributed by atoms with E-state index in [0.29, 0.717) is 38.5 Å². The first-order chi connectivity index (χ1) is 20.4. The minimum atomic E-state index is -1.20. The number of methoxy groups -OCH3 is 3. The smallest absolute Gasteiger partial charge is 0.328 e. The van der Waals surface area contributed by atoms with E-state index < -0.39 is 71.6 Å². The average Bonchev–Trinajstić information content (AvgIpc) is 2.99.